The second-order valence-electron chi connectivity index (χ2n) is 6.59. The summed E-state index contributed by atoms with van der Waals surface area (Å²) >= 11 is 0. The predicted octanol–water partition coefficient (Wildman–Crippen LogP) is 2.74. The predicted molar refractivity (Wildman–Crippen MR) is 96.1 cm³/mol. The summed E-state index contributed by atoms with van der Waals surface area (Å²) in [5.74, 6) is 2.64. The van der Waals surface area contributed by atoms with Crippen LogP contribution < -0.4 is 14.2 Å². The SMILES string of the molecule is COc1ccc(CN2CCN(Cc3ccc4c(c3)OCO4)CC2)cc1. The van der Waals surface area contributed by atoms with E-state index in [0.29, 0.717) is 6.79 Å². The summed E-state index contributed by atoms with van der Waals surface area (Å²) in [5, 5.41) is 0. The first kappa shape index (κ1) is 16.2. The molecule has 0 spiro atoms. The fraction of sp³-hybridized carbons (Fsp3) is 0.400. The van der Waals surface area contributed by atoms with E-state index in [1.165, 1.54) is 11.1 Å². The first-order chi connectivity index (χ1) is 12.3. The summed E-state index contributed by atoms with van der Waals surface area (Å²) < 4.78 is 16.1. The second kappa shape index (κ2) is 7.33. The Balaban J connectivity index is 1.28. The Hall–Kier alpha value is -2.24. The fourth-order valence-corrected chi connectivity index (χ4v) is 3.39. The molecular formula is C20H24N2O3. The number of hydrogen-bond donors (Lipinski definition) is 0. The maximum Gasteiger partial charge on any atom is 0.231 e. The van der Waals surface area contributed by atoms with Gasteiger partial charge in [-0.2, -0.15) is 0 Å². The van der Waals surface area contributed by atoms with E-state index >= 15 is 0 Å². The van der Waals surface area contributed by atoms with Crippen molar-refractivity contribution in [3.63, 3.8) is 0 Å². The maximum atomic E-state index is 5.47. The Morgan fingerprint density at radius 2 is 1.40 bits per heavy atom. The van der Waals surface area contributed by atoms with Gasteiger partial charge in [-0.25, -0.2) is 0 Å². The largest absolute Gasteiger partial charge is 0.497 e. The van der Waals surface area contributed by atoms with Crippen molar-refractivity contribution in [2.75, 3.05) is 40.1 Å². The molecule has 0 radical (unpaired) electrons. The lowest BCUT2D eigenvalue weighted by Crippen LogP contribution is -2.45. The zero-order chi connectivity index (χ0) is 17.1. The topological polar surface area (TPSA) is 34.2 Å². The molecule has 2 aliphatic rings. The molecule has 0 unspecified atom stereocenters. The third-order valence-corrected chi connectivity index (χ3v) is 4.87. The van der Waals surface area contributed by atoms with Crippen LogP contribution in [0.5, 0.6) is 17.2 Å². The van der Waals surface area contributed by atoms with Crippen molar-refractivity contribution in [2.24, 2.45) is 0 Å². The molecule has 1 saturated heterocycles. The van der Waals surface area contributed by atoms with Crippen molar-refractivity contribution in [1.29, 1.82) is 0 Å². The molecule has 2 aromatic rings. The van der Waals surface area contributed by atoms with Gasteiger partial charge in [0.05, 0.1) is 7.11 Å². The van der Waals surface area contributed by atoms with Gasteiger partial charge < -0.3 is 14.2 Å². The first-order valence-electron chi connectivity index (χ1n) is 8.76. The van der Waals surface area contributed by atoms with Gasteiger partial charge in [0.15, 0.2) is 11.5 Å². The van der Waals surface area contributed by atoms with Crippen LogP contribution in [0.2, 0.25) is 0 Å². The quantitative estimate of drug-likeness (QED) is 0.836. The van der Waals surface area contributed by atoms with E-state index in [1.807, 2.05) is 18.2 Å². The highest BCUT2D eigenvalue weighted by molar-refractivity contribution is 5.44. The first-order valence-corrected chi connectivity index (χ1v) is 8.76. The molecule has 2 heterocycles. The molecule has 0 aliphatic carbocycles. The van der Waals surface area contributed by atoms with Crippen LogP contribution in [-0.2, 0) is 13.1 Å². The fourth-order valence-electron chi connectivity index (χ4n) is 3.39. The van der Waals surface area contributed by atoms with Gasteiger partial charge in [-0.1, -0.05) is 18.2 Å². The van der Waals surface area contributed by atoms with Crippen LogP contribution in [0, 0.1) is 0 Å². The summed E-state index contributed by atoms with van der Waals surface area (Å²) in [7, 11) is 1.70. The Morgan fingerprint density at radius 1 is 0.800 bits per heavy atom. The third-order valence-electron chi connectivity index (χ3n) is 4.87. The molecule has 5 heteroatoms. The summed E-state index contributed by atoms with van der Waals surface area (Å²) in [6.45, 7) is 6.67. The number of hydrogen-bond acceptors (Lipinski definition) is 5. The van der Waals surface area contributed by atoms with Crippen molar-refractivity contribution in [1.82, 2.24) is 9.80 Å². The second-order valence-corrected chi connectivity index (χ2v) is 6.59. The van der Waals surface area contributed by atoms with Crippen LogP contribution in [0.1, 0.15) is 11.1 Å². The number of benzene rings is 2. The van der Waals surface area contributed by atoms with Gasteiger partial charge in [0.25, 0.3) is 0 Å². The molecule has 132 valence electrons. The van der Waals surface area contributed by atoms with Gasteiger partial charge >= 0.3 is 0 Å². The minimum absolute atomic E-state index is 0.336. The maximum absolute atomic E-state index is 5.47. The normalized spacial score (nSPS) is 17.6. The molecule has 0 amide bonds. The average molecular weight is 340 g/mol. The number of nitrogens with zero attached hydrogens (tertiary/aromatic N) is 2. The van der Waals surface area contributed by atoms with Crippen LogP contribution in [0.4, 0.5) is 0 Å². The van der Waals surface area contributed by atoms with Crippen molar-refractivity contribution in [3.8, 4) is 17.2 Å². The third kappa shape index (κ3) is 3.89. The van der Waals surface area contributed by atoms with Gasteiger partial charge in [-0.15, -0.1) is 0 Å². The van der Waals surface area contributed by atoms with E-state index in [-0.39, 0.29) is 0 Å². The number of rotatable bonds is 5. The lowest BCUT2D eigenvalue weighted by atomic mass is 10.1. The summed E-state index contributed by atoms with van der Waals surface area (Å²) in [5.41, 5.74) is 2.62. The molecule has 2 aromatic carbocycles. The van der Waals surface area contributed by atoms with Crippen LogP contribution >= 0.6 is 0 Å². The highest BCUT2D eigenvalue weighted by atomic mass is 16.7. The van der Waals surface area contributed by atoms with E-state index < -0.39 is 0 Å². The zero-order valence-corrected chi connectivity index (χ0v) is 14.6. The number of fused-ring (bicyclic) bond motifs is 1. The Bertz CT molecular complexity index is 709. The van der Waals surface area contributed by atoms with Crippen molar-refractivity contribution < 1.29 is 14.2 Å². The minimum atomic E-state index is 0.336. The smallest absolute Gasteiger partial charge is 0.231 e. The van der Waals surface area contributed by atoms with E-state index in [1.54, 1.807) is 7.11 Å². The number of methoxy groups -OCH3 is 1. The molecule has 0 atom stereocenters. The molecule has 0 bridgehead atoms. The Morgan fingerprint density at radius 3 is 2.08 bits per heavy atom. The van der Waals surface area contributed by atoms with E-state index in [4.69, 9.17) is 14.2 Å². The van der Waals surface area contributed by atoms with Crippen LogP contribution in [-0.4, -0.2) is 49.9 Å². The van der Waals surface area contributed by atoms with E-state index in [0.717, 1.165) is 56.5 Å². The van der Waals surface area contributed by atoms with E-state index in [2.05, 4.69) is 34.1 Å². The van der Waals surface area contributed by atoms with Gasteiger partial charge in [0.1, 0.15) is 5.75 Å². The molecular weight excluding hydrogens is 316 g/mol. The summed E-state index contributed by atoms with van der Waals surface area (Å²) in [6.07, 6.45) is 0. The molecule has 25 heavy (non-hydrogen) atoms. The monoisotopic (exact) mass is 340 g/mol. The highest BCUT2D eigenvalue weighted by Gasteiger charge is 2.19. The molecule has 0 aromatic heterocycles. The van der Waals surface area contributed by atoms with Crippen LogP contribution in [0.3, 0.4) is 0 Å². The van der Waals surface area contributed by atoms with E-state index in [9.17, 15) is 0 Å². The molecule has 0 saturated carbocycles. The summed E-state index contributed by atoms with van der Waals surface area (Å²) in [4.78, 5) is 5.01. The average Bonchev–Trinajstić information content (AvgIpc) is 3.12. The van der Waals surface area contributed by atoms with Gasteiger partial charge in [-0.3, -0.25) is 9.80 Å². The molecule has 0 N–H and O–H groups in total. The van der Waals surface area contributed by atoms with Crippen molar-refractivity contribution in [2.45, 2.75) is 13.1 Å². The van der Waals surface area contributed by atoms with Gasteiger partial charge in [0.2, 0.25) is 6.79 Å². The number of ether oxygens (including phenoxy) is 3. The standard InChI is InChI=1S/C20H24N2O3/c1-23-18-5-2-16(3-6-18)13-21-8-10-22(11-9-21)14-17-4-7-19-20(12-17)25-15-24-19/h2-7,12H,8-11,13-15H2,1H3. The lowest BCUT2D eigenvalue weighted by molar-refractivity contribution is 0.122. The molecule has 1 fully saturated rings. The Labute approximate surface area is 148 Å². The molecule has 4 rings (SSSR count). The minimum Gasteiger partial charge on any atom is -0.497 e. The van der Waals surface area contributed by atoms with Crippen molar-refractivity contribution in [3.05, 3.63) is 53.6 Å². The van der Waals surface area contributed by atoms with Crippen LogP contribution in [0.15, 0.2) is 42.5 Å². The van der Waals surface area contributed by atoms with Gasteiger partial charge in [0, 0.05) is 39.3 Å². The zero-order valence-electron chi connectivity index (χ0n) is 14.6. The van der Waals surface area contributed by atoms with Crippen molar-refractivity contribution >= 4 is 0 Å². The molecule has 5 nitrogen and oxygen atoms in total. The Kier molecular flexibility index (Phi) is 4.76. The summed E-state index contributed by atoms with van der Waals surface area (Å²) in [6, 6.07) is 14.6. The lowest BCUT2D eigenvalue weighted by Gasteiger charge is -2.34. The van der Waals surface area contributed by atoms with Crippen LogP contribution in [0.25, 0.3) is 0 Å². The number of piperazine rings is 1. The molecule has 2 aliphatic heterocycles. The highest BCUT2D eigenvalue weighted by Crippen LogP contribution is 2.32. The van der Waals surface area contributed by atoms with Gasteiger partial charge in [-0.05, 0) is 35.4 Å².